The van der Waals surface area contributed by atoms with E-state index in [2.05, 4.69) is 25.3 Å². The molecule has 0 radical (unpaired) electrons. The van der Waals surface area contributed by atoms with Gasteiger partial charge < -0.3 is 19.5 Å². The third kappa shape index (κ3) is 7.65. The summed E-state index contributed by atoms with van der Waals surface area (Å²) in [5, 5.41) is 6.70. The molecule has 0 aromatic carbocycles. The summed E-state index contributed by atoms with van der Waals surface area (Å²) in [4.78, 5) is 22.9. The molecular weight excluding hydrogens is 475 g/mol. The number of nitrogens with one attached hydrogen (secondary N) is 1. The number of aryl methyl sites for hydroxylation is 1. The van der Waals surface area contributed by atoms with Crippen molar-refractivity contribution in [2.24, 2.45) is 0 Å². The third-order valence-electron chi connectivity index (χ3n) is 6.89. The van der Waals surface area contributed by atoms with Crippen LogP contribution in [0.25, 0.3) is 0 Å². The Labute approximate surface area is 209 Å². The summed E-state index contributed by atoms with van der Waals surface area (Å²) in [6.45, 7) is 3.96. The maximum atomic E-state index is 15.5. The minimum absolute atomic E-state index is 0.0443. The highest BCUT2D eigenvalue weighted by molar-refractivity contribution is 5.78. The van der Waals surface area contributed by atoms with Gasteiger partial charge in [0, 0.05) is 57.7 Å². The van der Waals surface area contributed by atoms with E-state index in [9.17, 15) is 13.6 Å². The fraction of sp³-hybridized carbons (Fsp3) is 0.680. The monoisotopic (exact) mass is 509 g/mol. The first kappa shape index (κ1) is 26.4. The predicted octanol–water partition coefficient (Wildman–Crippen LogP) is 3.61. The van der Waals surface area contributed by atoms with E-state index in [1.807, 2.05) is 6.07 Å². The van der Waals surface area contributed by atoms with Gasteiger partial charge in [0.25, 0.3) is 5.92 Å². The number of carbonyl (C=O) groups is 1. The molecule has 3 heterocycles. The van der Waals surface area contributed by atoms with Crippen LogP contribution in [0.5, 0.6) is 5.88 Å². The van der Waals surface area contributed by atoms with Crippen molar-refractivity contribution in [1.82, 2.24) is 25.3 Å². The maximum absolute atomic E-state index is 15.5. The lowest BCUT2D eigenvalue weighted by molar-refractivity contribution is -0.121. The highest BCUT2D eigenvalue weighted by Crippen LogP contribution is 2.35. The lowest BCUT2D eigenvalue weighted by Gasteiger charge is -2.35. The molecule has 2 aromatic rings. The average molecular weight is 510 g/mol. The summed E-state index contributed by atoms with van der Waals surface area (Å²) < 4.78 is 51.7. The molecule has 1 amide bonds. The van der Waals surface area contributed by atoms with Crippen molar-refractivity contribution in [2.75, 3.05) is 26.2 Å². The highest BCUT2D eigenvalue weighted by atomic mass is 19.3. The number of hydrogen-bond acceptors (Lipinski definition) is 7. The molecule has 0 unspecified atom stereocenters. The fourth-order valence-corrected chi connectivity index (χ4v) is 4.84. The number of nitrogens with zero attached hydrogens (tertiary/aromatic N) is 4. The lowest BCUT2D eigenvalue weighted by atomic mass is 9.81. The molecular formula is C25H34F3N5O3. The second-order valence-corrected chi connectivity index (χ2v) is 10.1. The molecule has 4 rings (SSSR count). The third-order valence-corrected chi connectivity index (χ3v) is 6.89. The van der Waals surface area contributed by atoms with Crippen LogP contribution in [0.15, 0.2) is 16.7 Å². The van der Waals surface area contributed by atoms with E-state index in [4.69, 9.17) is 9.26 Å². The second kappa shape index (κ2) is 11.1. The summed E-state index contributed by atoms with van der Waals surface area (Å²) in [7, 11) is 0. The first-order valence-corrected chi connectivity index (χ1v) is 12.6. The van der Waals surface area contributed by atoms with E-state index in [1.54, 1.807) is 13.0 Å². The fourth-order valence-electron chi connectivity index (χ4n) is 4.84. The van der Waals surface area contributed by atoms with Crippen LogP contribution < -0.4 is 10.1 Å². The lowest BCUT2D eigenvalue weighted by Crippen LogP contribution is -2.43. The van der Waals surface area contributed by atoms with Gasteiger partial charge in [-0.05, 0) is 44.1 Å². The summed E-state index contributed by atoms with van der Waals surface area (Å²) in [6, 6.07) is 3.48. The van der Waals surface area contributed by atoms with Gasteiger partial charge in [0.2, 0.25) is 17.7 Å². The van der Waals surface area contributed by atoms with E-state index in [0.717, 1.165) is 37.7 Å². The number of pyridine rings is 1. The van der Waals surface area contributed by atoms with Crippen LogP contribution in [-0.4, -0.2) is 69.8 Å². The van der Waals surface area contributed by atoms with Crippen molar-refractivity contribution >= 4 is 5.91 Å². The van der Waals surface area contributed by atoms with Crippen LogP contribution in [0.4, 0.5) is 13.2 Å². The number of rotatable bonds is 9. The van der Waals surface area contributed by atoms with Crippen molar-refractivity contribution in [1.29, 1.82) is 0 Å². The van der Waals surface area contributed by atoms with Crippen molar-refractivity contribution < 1.29 is 27.2 Å². The summed E-state index contributed by atoms with van der Waals surface area (Å²) in [6.07, 6.45) is 3.97. The Kier molecular flexibility index (Phi) is 8.17. The highest BCUT2D eigenvalue weighted by Gasteiger charge is 2.36. The van der Waals surface area contributed by atoms with E-state index in [1.165, 1.54) is 0 Å². The van der Waals surface area contributed by atoms with Crippen LogP contribution in [-0.2, 0) is 24.1 Å². The molecule has 198 valence electrons. The number of hydrogen-bond donors (Lipinski definition) is 1. The summed E-state index contributed by atoms with van der Waals surface area (Å²) >= 11 is 0. The Morgan fingerprint density at radius 1 is 1.25 bits per heavy atom. The van der Waals surface area contributed by atoms with E-state index < -0.39 is 18.2 Å². The largest absolute Gasteiger partial charge is 0.471 e. The van der Waals surface area contributed by atoms with Gasteiger partial charge >= 0.3 is 0 Å². The molecule has 2 aromatic heterocycles. The van der Waals surface area contributed by atoms with Crippen LogP contribution >= 0.6 is 0 Å². The Morgan fingerprint density at radius 3 is 2.69 bits per heavy atom. The molecule has 0 atom stereocenters. The minimum atomic E-state index is -2.91. The topological polar surface area (TPSA) is 93.4 Å². The van der Waals surface area contributed by atoms with Gasteiger partial charge in [0.05, 0.1) is 6.42 Å². The Bertz CT molecular complexity index is 1030. The number of ether oxygens (including phenoxy) is 1. The van der Waals surface area contributed by atoms with Crippen molar-refractivity contribution in [3.63, 3.8) is 0 Å². The van der Waals surface area contributed by atoms with Gasteiger partial charge in [-0.15, -0.1) is 0 Å². The van der Waals surface area contributed by atoms with Gasteiger partial charge in [0.1, 0.15) is 5.67 Å². The van der Waals surface area contributed by atoms with Crippen molar-refractivity contribution in [3.05, 3.63) is 35.1 Å². The van der Waals surface area contributed by atoms with Crippen LogP contribution in [0.3, 0.4) is 0 Å². The number of halogens is 3. The number of aromatic nitrogens is 3. The smallest absolute Gasteiger partial charge is 0.278 e. The Morgan fingerprint density at radius 2 is 2.00 bits per heavy atom. The van der Waals surface area contributed by atoms with Gasteiger partial charge in [-0.3, -0.25) is 4.79 Å². The molecule has 1 saturated carbocycles. The first-order chi connectivity index (χ1) is 17.1. The van der Waals surface area contributed by atoms with Gasteiger partial charge in [0.15, 0.2) is 12.4 Å². The molecule has 11 heteroatoms. The zero-order valence-corrected chi connectivity index (χ0v) is 20.9. The molecule has 36 heavy (non-hydrogen) atoms. The molecule has 8 nitrogen and oxygen atoms in total. The number of carbonyl (C=O) groups excluding carboxylic acids is 1. The van der Waals surface area contributed by atoms with Crippen molar-refractivity contribution in [2.45, 2.75) is 82.8 Å². The van der Waals surface area contributed by atoms with Crippen LogP contribution in [0, 0.1) is 6.92 Å². The van der Waals surface area contributed by atoms with Gasteiger partial charge in [-0.1, -0.05) is 11.2 Å². The van der Waals surface area contributed by atoms with Gasteiger partial charge in [-0.25, -0.2) is 18.2 Å². The van der Waals surface area contributed by atoms with E-state index in [-0.39, 0.29) is 24.2 Å². The Balaban J connectivity index is 1.19. The first-order valence-electron chi connectivity index (χ1n) is 12.6. The van der Waals surface area contributed by atoms with Crippen molar-refractivity contribution in [3.8, 4) is 5.88 Å². The van der Waals surface area contributed by atoms with Gasteiger partial charge in [-0.2, -0.15) is 4.98 Å². The SMILES string of the molecule is Cc1nc(CC(=O)N[C@H]2CC[C@](F)(CCN3CCc4ccc(OCC(C)(F)F)nc4CC3)CC2)no1. The standard InChI is InChI=1S/C25H34F3N5O3/c1-17-29-21(32-36-17)15-22(34)30-19-5-9-25(28,10-6-19)11-14-33-12-7-18-3-4-23(31-20(18)8-13-33)35-16-24(2,26)27/h3-4,19H,5-16H2,1-2H3,(H,30,34)/t19-,25+. The molecule has 1 N–H and O–H groups in total. The zero-order chi connectivity index (χ0) is 25.8. The Hall–Kier alpha value is -2.69. The summed E-state index contributed by atoms with van der Waals surface area (Å²) in [5.74, 6) is -2.11. The maximum Gasteiger partial charge on any atom is 0.278 e. The van der Waals surface area contributed by atoms with Crippen LogP contribution in [0.2, 0.25) is 0 Å². The zero-order valence-electron chi connectivity index (χ0n) is 20.9. The number of alkyl halides is 3. The normalized spacial score (nSPS) is 23.1. The number of amides is 1. The predicted molar refractivity (Wildman–Crippen MR) is 126 cm³/mol. The van der Waals surface area contributed by atoms with Crippen LogP contribution in [0.1, 0.15) is 62.0 Å². The minimum Gasteiger partial charge on any atom is -0.471 e. The molecule has 0 spiro atoms. The van der Waals surface area contributed by atoms with E-state index in [0.29, 0.717) is 56.8 Å². The average Bonchev–Trinajstić information content (AvgIpc) is 3.11. The molecule has 2 aliphatic rings. The quantitative estimate of drug-likeness (QED) is 0.552. The number of fused-ring (bicyclic) bond motifs is 1. The molecule has 0 bridgehead atoms. The molecule has 1 fully saturated rings. The molecule has 0 saturated heterocycles. The molecule has 1 aliphatic carbocycles. The van der Waals surface area contributed by atoms with E-state index >= 15 is 4.39 Å². The summed E-state index contributed by atoms with van der Waals surface area (Å²) in [5.41, 5.74) is 0.697. The second-order valence-electron chi connectivity index (χ2n) is 10.1. The molecule has 1 aliphatic heterocycles.